The van der Waals surface area contributed by atoms with Gasteiger partial charge in [-0.25, -0.2) is 0 Å². The number of aromatic nitrogens is 2. The van der Waals surface area contributed by atoms with Crippen LogP contribution in [-0.2, 0) is 9.59 Å². The summed E-state index contributed by atoms with van der Waals surface area (Å²) < 4.78 is 0. The maximum Gasteiger partial charge on any atom is 0.230 e. The number of aryl methyl sites for hydroxylation is 1. The van der Waals surface area contributed by atoms with Crippen molar-refractivity contribution < 1.29 is 9.59 Å². The molecule has 0 radical (unpaired) electrons. The number of hydrogen-bond acceptors (Lipinski definition) is 3. The van der Waals surface area contributed by atoms with Crippen LogP contribution in [0, 0.1) is 12.8 Å². The van der Waals surface area contributed by atoms with E-state index in [-0.39, 0.29) is 30.2 Å². The molecule has 1 aliphatic rings. The largest absolute Gasteiger partial charge is 0.339 e. The molecule has 2 N–H and O–H groups in total. The molecule has 1 aromatic heterocycles. The SMILES string of the molecule is Cc1cc(NC(=O)C2CC(=O)N(C(C)C)C2)n[nH]1. The summed E-state index contributed by atoms with van der Waals surface area (Å²) in [5.41, 5.74) is 0.886. The lowest BCUT2D eigenvalue weighted by molar-refractivity contribution is -0.129. The molecular formula is C12H18N4O2. The molecule has 1 saturated heterocycles. The van der Waals surface area contributed by atoms with Crippen molar-refractivity contribution in [3.05, 3.63) is 11.8 Å². The molecule has 2 heterocycles. The summed E-state index contributed by atoms with van der Waals surface area (Å²) in [6.45, 7) is 6.26. The molecule has 0 spiro atoms. The normalized spacial score (nSPS) is 19.7. The Morgan fingerprint density at radius 1 is 1.61 bits per heavy atom. The molecule has 1 aliphatic heterocycles. The molecule has 98 valence electrons. The lowest BCUT2D eigenvalue weighted by Crippen LogP contribution is -2.33. The number of likely N-dealkylation sites (tertiary alicyclic amines) is 1. The number of amides is 2. The number of aromatic amines is 1. The standard InChI is InChI=1S/C12H18N4O2/c1-7(2)16-6-9(5-11(16)17)12(18)13-10-4-8(3)14-15-10/h4,7,9H,5-6H2,1-3H3,(H2,13,14,15,18). The van der Waals surface area contributed by atoms with Crippen molar-refractivity contribution in [2.24, 2.45) is 5.92 Å². The number of carbonyl (C=O) groups is 2. The van der Waals surface area contributed by atoms with E-state index >= 15 is 0 Å². The van der Waals surface area contributed by atoms with Gasteiger partial charge in [-0.05, 0) is 20.8 Å². The first-order valence-electron chi connectivity index (χ1n) is 6.09. The molecule has 0 aromatic carbocycles. The first-order chi connectivity index (χ1) is 8.47. The average Bonchev–Trinajstić information content (AvgIpc) is 2.85. The molecule has 1 aromatic rings. The van der Waals surface area contributed by atoms with Crippen molar-refractivity contribution in [3.8, 4) is 0 Å². The zero-order valence-electron chi connectivity index (χ0n) is 10.9. The van der Waals surface area contributed by atoms with Crippen LogP contribution in [0.3, 0.4) is 0 Å². The second kappa shape index (κ2) is 4.80. The lowest BCUT2D eigenvalue weighted by atomic mass is 10.1. The van der Waals surface area contributed by atoms with E-state index < -0.39 is 0 Å². The van der Waals surface area contributed by atoms with E-state index in [0.717, 1.165) is 5.69 Å². The van der Waals surface area contributed by atoms with Crippen molar-refractivity contribution in [2.45, 2.75) is 33.2 Å². The van der Waals surface area contributed by atoms with Crippen LogP contribution < -0.4 is 5.32 Å². The van der Waals surface area contributed by atoms with Crippen molar-refractivity contribution >= 4 is 17.6 Å². The molecule has 0 aliphatic carbocycles. The van der Waals surface area contributed by atoms with Gasteiger partial charge in [-0.3, -0.25) is 14.7 Å². The van der Waals surface area contributed by atoms with E-state index in [1.54, 1.807) is 11.0 Å². The second-order valence-electron chi connectivity index (χ2n) is 4.97. The molecule has 1 fully saturated rings. The minimum atomic E-state index is -0.281. The zero-order valence-corrected chi connectivity index (χ0v) is 10.9. The third-order valence-electron chi connectivity index (χ3n) is 3.11. The second-order valence-corrected chi connectivity index (χ2v) is 4.97. The fraction of sp³-hybridized carbons (Fsp3) is 0.583. The van der Waals surface area contributed by atoms with Crippen LogP contribution in [0.1, 0.15) is 26.0 Å². The Hall–Kier alpha value is -1.85. The van der Waals surface area contributed by atoms with Gasteiger partial charge in [0.15, 0.2) is 5.82 Å². The summed E-state index contributed by atoms with van der Waals surface area (Å²) in [6, 6.07) is 1.90. The molecule has 0 saturated carbocycles. The van der Waals surface area contributed by atoms with E-state index in [9.17, 15) is 9.59 Å². The Morgan fingerprint density at radius 2 is 2.33 bits per heavy atom. The fourth-order valence-electron chi connectivity index (χ4n) is 2.12. The smallest absolute Gasteiger partial charge is 0.230 e. The number of H-pyrrole nitrogens is 1. The molecule has 1 atom stereocenters. The molecule has 6 nitrogen and oxygen atoms in total. The molecule has 0 bridgehead atoms. The minimum absolute atomic E-state index is 0.0448. The van der Waals surface area contributed by atoms with Crippen LogP contribution in [0.15, 0.2) is 6.07 Å². The Balaban J connectivity index is 1.97. The summed E-state index contributed by atoms with van der Waals surface area (Å²) in [5, 5.41) is 9.43. The molecular weight excluding hydrogens is 232 g/mol. The number of nitrogens with zero attached hydrogens (tertiary/aromatic N) is 2. The first kappa shape index (κ1) is 12.6. The highest BCUT2D eigenvalue weighted by atomic mass is 16.2. The third kappa shape index (κ3) is 2.52. The lowest BCUT2D eigenvalue weighted by Gasteiger charge is -2.20. The summed E-state index contributed by atoms with van der Waals surface area (Å²) in [4.78, 5) is 25.4. The maximum absolute atomic E-state index is 12.0. The van der Waals surface area contributed by atoms with Crippen molar-refractivity contribution in [2.75, 3.05) is 11.9 Å². The predicted octanol–water partition coefficient (Wildman–Crippen LogP) is 0.914. The highest BCUT2D eigenvalue weighted by molar-refractivity contribution is 5.96. The summed E-state index contributed by atoms with van der Waals surface area (Å²) in [6.07, 6.45) is 0.285. The number of hydrogen-bond donors (Lipinski definition) is 2. The molecule has 18 heavy (non-hydrogen) atoms. The number of nitrogens with one attached hydrogen (secondary N) is 2. The van der Waals surface area contributed by atoms with Gasteiger partial charge in [0.25, 0.3) is 0 Å². The van der Waals surface area contributed by atoms with E-state index in [1.807, 2.05) is 20.8 Å². The molecule has 2 amide bonds. The van der Waals surface area contributed by atoms with E-state index in [4.69, 9.17) is 0 Å². The third-order valence-corrected chi connectivity index (χ3v) is 3.11. The van der Waals surface area contributed by atoms with Crippen molar-refractivity contribution in [1.29, 1.82) is 0 Å². The Bertz CT molecular complexity index is 466. The Kier molecular flexibility index (Phi) is 3.36. The van der Waals surface area contributed by atoms with E-state index in [0.29, 0.717) is 12.4 Å². The zero-order chi connectivity index (χ0) is 13.3. The topological polar surface area (TPSA) is 78.1 Å². The van der Waals surface area contributed by atoms with Gasteiger partial charge in [-0.2, -0.15) is 5.10 Å². The summed E-state index contributed by atoms with van der Waals surface area (Å²) >= 11 is 0. The number of rotatable bonds is 3. The van der Waals surface area contributed by atoms with Crippen LogP contribution in [-0.4, -0.2) is 39.5 Å². The van der Waals surface area contributed by atoms with E-state index in [1.165, 1.54) is 0 Å². The van der Waals surface area contributed by atoms with Crippen molar-refractivity contribution in [1.82, 2.24) is 15.1 Å². The van der Waals surface area contributed by atoms with Crippen LogP contribution in [0.5, 0.6) is 0 Å². The van der Waals surface area contributed by atoms with Crippen molar-refractivity contribution in [3.63, 3.8) is 0 Å². The molecule has 2 rings (SSSR count). The van der Waals surface area contributed by atoms with Gasteiger partial charge in [0, 0.05) is 30.8 Å². The quantitative estimate of drug-likeness (QED) is 0.837. The van der Waals surface area contributed by atoms with Crippen LogP contribution >= 0.6 is 0 Å². The molecule has 6 heteroatoms. The van der Waals surface area contributed by atoms with Crippen LogP contribution in [0.2, 0.25) is 0 Å². The highest BCUT2D eigenvalue weighted by Gasteiger charge is 2.35. The Morgan fingerprint density at radius 3 is 2.83 bits per heavy atom. The summed E-state index contributed by atoms with van der Waals surface area (Å²) in [5.74, 6) is 0.131. The summed E-state index contributed by atoms with van der Waals surface area (Å²) in [7, 11) is 0. The Labute approximate surface area is 106 Å². The van der Waals surface area contributed by atoms with Gasteiger partial charge < -0.3 is 10.2 Å². The monoisotopic (exact) mass is 250 g/mol. The average molecular weight is 250 g/mol. The van der Waals surface area contributed by atoms with Gasteiger partial charge in [0.05, 0.1) is 5.92 Å². The maximum atomic E-state index is 12.0. The van der Waals surface area contributed by atoms with Gasteiger partial charge in [0.1, 0.15) is 0 Å². The van der Waals surface area contributed by atoms with E-state index in [2.05, 4.69) is 15.5 Å². The minimum Gasteiger partial charge on any atom is -0.339 e. The van der Waals surface area contributed by atoms with Crippen LogP contribution in [0.4, 0.5) is 5.82 Å². The number of anilines is 1. The van der Waals surface area contributed by atoms with Crippen LogP contribution in [0.25, 0.3) is 0 Å². The molecule has 1 unspecified atom stereocenters. The first-order valence-corrected chi connectivity index (χ1v) is 6.09. The van der Waals surface area contributed by atoms with Gasteiger partial charge >= 0.3 is 0 Å². The highest BCUT2D eigenvalue weighted by Crippen LogP contribution is 2.21. The number of carbonyl (C=O) groups excluding carboxylic acids is 2. The predicted molar refractivity (Wildman–Crippen MR) is 66.9 cm³/mol. The van der Waals surface area contributed by atoms with Gasteiger partial charge in [-0.15, -0.1) is 0 Å². The fourth-order valence-corrected chi connectivity index (χ4v) is 2.12. The van der Waals surface area contributed by atoms with Gasteiger partial charge in [-0.1, -0.05) is 0 Å². The van der Waals surface area contributed by atoms with Gasteiger partial charge in [0.2, 0.25) is 11.8 Å².